The highest BCUT2D eigenvalue weighted by Gasteiger charge is 2.13. The molecule has 0 spiro atoms. The summed E-state index contributed by atoms with van der Waals surface area (Å²) in [6, 6.07) is 4.99. The molecule has 0 fully saturated rings. The van der Waals surface area contributed by atoms with E-state index in [9.17, 15) is 8.78 Å². The normalized spacial score (nSPS) is 10.3. The van der Waals surface area contributed by atoms with Crippen LogP contribution in [0.1, 0.15) is 5.56 Å². The van der Waals surface area contributed by atoms with E-state index in [4.69, 9.17) is 29.6 Å². The number of benzene rings is 1. The molecule has 0 saturated heterocycles. The zero-order valence-corrected chi connectivity index (χ0v) is 11.0. The SMILES string of the molecule is NC(=S)c1cccnc1Nc1c(F)cc(F)cc1Cl. The summed E-state index contributed by atoms with van der Waals surface area (Å²) in [5.41, 5.74) is 5.89. The van der Waals surface area contributed by atoms with Crippen molar-refractivity contribution in [1.82, 2.24) is 4.98 Å². The van der Waals surface area contributed by atoms with Crippen LogP contribution in [0.4, 0.5) is 20.3 Å². The second-order valence-electron chi connectivity index (χ2n) is 3.63. The summed E-state index contributed by atoms with van der Waals surface area (Å²) in [6.07, 6.45) is 1.49. The van der Waals surface area contributed by atoms with Gasteiger partial charge in [0.25, 0.3) is 0 Å². The first-order valence-electron chi connectivity index (χ1n) is 5.15. The second-order valence-corrected chi connectivity index (χ2v) is 4.48. The van der Waals surface area contributed by atoms with Crippen LogP contribution in [0.5, 0.6) is 0 Å². The topological polar surface area (TPSA) is 50.9 Å². The van der Waals surface area contributed by atoms with Crippen LogP contribution in [-0.2, 0) is 0 Å². The molecule has 1 aromatic carbocycles. The number of rotatable bonds is 3. The number of pyridine rings is 1. The van der Waals surface area contributed by atoms with Crippen LogP contribution in [0.2, 0.25) is 5.02 Å². The first-order valence-corrected chi connectivity index (χ1v) is 5.94. The van der Waals surface area contributed by atoms with E-state index in [0.717, 1.165) is 12.1 Å². The van der Waals surface area contributed by atoms with E-state index in [-0.39, 0.29) is 21.5 Å². The largest absolute Gasteiger partial charge is 0.389 e. The zero-order valence-electron chi connectivity index (χ0n) is 9.45. The highest BCUT2D eigenvalue weighted by molar-refractivity contribution is 7.80. The van der Waals surface area contributed by atoms with Crippen molar-refractivity contribution in [3.05, 3.63) is 52.7 Å². The number of hydrogen-bond donors (Lipinski definition) is 2. The molecular weight excluding hydrogens is 292 g/mol. The minimum atomic E-state index is -0.829. The maximum atomic E-state index is 13.7. The molecule has 98 valence electrons. The lowest BCUT2D eigenvalue weighted by molar-refractivity contribution is 0.586. The second kappa shape index (κ2) is 5.46. The molecule has 19 heavy (non-hydrogen) atoms. The first-order chi connectivity index (χ1) is 8.99. The van der Waals surface area contributed by atoms with Gasteiger partial charge in [0, 0.05) is 12.3 Å². The third kappa shape index (κ3) is 2.97. The summed E-state index contributed by atoms with van der Waals surface area (Å²) in [7, 11) is 0. The number of nitrogens with two attached hydrogens (primary N) is 1. The van der Waals surface area contributed by atoms with Gasteiger partial charge in [-0.05, 0) is 18.2 Å². The molecule has 0 aliphatic rings. The maximum absolute atomic E-state index is 13.7. The van der Waals surface area contributed by atoms with Gasteiger partial charge in [-0.15, -0.1) is 0 Å². The Morgan fingerprint density at radius 1 is 1.37 bits per heavy atom. The molecule has 3 nitrogen and oxygen atoms in total. The maximum Gasteiger partial charge on any atom is 0.151 e. The molecular formula is C12H8ClF2N3S. The van der Waals surface area contributed by atoms with Crippen molar-refractivity contribution >= 4 is 40.3 Å². The van der Waals surface area contributed by atoms with E-state index in [1.54, 1.807) is 12.1 Å². The predicted octanol–water partition coefficient (Wildman–Crippen LogP) is 3.39. The average Bonchev–Trinajstić information content (AvgIpc) is 2.34. The lowest BCUT2D eigenvalue weighted by atomic mass is 10.2. The van der Waals surface area contributed by atoms with Crippen molar-refractivity contribution in [2.45, 2.75) is 0 Å². The minimum absolute atomic E-state index is 0.0840. The Morgan fingerprint density at radius 2 is 2.11 bits per heavy atom. The third-order valence-corrected chi connectivity index (χ3v) is 2.84. The number of aromatic nitrogens is 1. The van der Waals surface area contributed by atoms with E-state index < -0.39 is 11.6 Å². The van der Waals surface area contributed by atoms with Gasteiger partial charge >= 0.3 is 0 Å². The zero-order chi connectivity index (χ0) is 14.0. The van der Waals surface area contributed by atoms with Gasteiger partial charge in [0.1, 0.15) is 16.6 Å². The molecule has 3 N–H and O–H groups in total. The molecule has 0 amide bonds. The summed E-state index contributed by atoms with van der Waals surface area (Å²) in [6.45, 7) is 0. The van der Waals surface area contributed by atoms with Crippen LogP contribution in [-0.4, -0.2) is 9.97 Å². The highest BCUT2D eigenvalue weighted by atomic mass is 35.5. The van der Waals surface area contributed by atoms with Gasteiger partial charge in [-0.1, -0.05) is 23.8 Å². The Kier molecular flexibility index (Phi) is 3.92. The van der Waals surface area contributed by atoms with Crippen molar-refractivity contribution in [3.8, 4) is 0 Å². The van der Waals surface area contributed by atoms with Crippen LogP contribution in [0.15, 0.2) is 30.5 Å². The van der Waals surface area contributed by atoms with E-state index >= 15 is 0 Å². The standard InChI is InChI=1S/C12H8ClF2N3S/c13-8-4-6(14)5-9(15)10(8)18-12-7(11(16)19)2-1-3-17-12/h1-5H,(H2,16,19)(H,17,18). The molecule has 1 aromatic heterocycles. The Bertz CT molecular complexity index is 626. The van der Waals surface area contributed by atoms with Gasteiger partial charge in [0.05, 0.1) is 16.3 Å². The molecule has 0 bridgehead atoms. The number of nitrogens with zero attached hydrogens (tertiary/aromatic N) is 1. The monoisotopic (exact) mass is 299 g/mol. The Morgan fingerprint density at radius 3 is 2.74 bits per heavy atom. The summed E-state index contributed by atoms with van der Waals surface area (Å²) in [5.74, 6) is -1.34. The van der Waals surface area contributed by atoms with Crippen molar-refractivity contribution in [3.63, 3.8) is 0 Å². The molecule has 7 heteroatoms. The van der Waals surface area contributed by atoms with E-state index in [1.807, 2.05) is 0 Å². The molecule has 2 rings (SSSR count). The molecule has 0 aliphatic heterocycles. The fourth-order valence-corrected chi connectivity index (χ4v) is 1.89. The predicted molar refractivity (Wildman–Crippen MR) is 74.8 cm³/mol. The van der Waals surface area contributed by atoms with Gasteiger partial charge in [-0.2, -0.15) is 0 Å². The molecule has 1 heterocycles. The number of nitrogens with one attached hydrogen (secondary N) is 1. The fraction of sp³-hybridized carbons (Fsp3) is 0. The average molecular weight is 300 g/mol. The third-order valence-electron chi connectivity index (χ3n) is 2.32. The van der Waals surface area contributed by atoms with Crippen LogP contribution in [0.3, 0.4) is 0 Å². The summed E-state index contributed by atoms with van der Waals surface area (Å²) in [4.78, 5) is 4.11. The van der Waals surface area contributed by atoms with Crippen molar-refractivity contribution in [2.24, 2.45) is 5.73 Å². The van der Waals surface area contributed by atoms with Crippen molar-refractivity contribution < 1.29 is 8.78 Å². The van der Waals surface area contributed by atoms with E-state index in [2.05, 4.69) is 10.3 Å². The lowest BCUT2D eigenvalue weighted by Crippen LogP contribution is -2.13. The smallest absolute Gasteiger partial charge is 0.151 e. The Labute approximate surface area is 118 Å². The van der Waals surface area contributed by atoms with Crippen LogP contribution in [0.25, 0.3) is 0 Å². The molecule has 0 atom stereocenters. The van der Waals surface area contributed by atoms with Crippen molar-refractivity contribution in [2.75, 3.05) is 5.32 Å². The van der Waals surface area contributed by atoms with Gasteiger partial charge in [0.15, 0.2) is 5.82 Å². The van der Waals surface area contributed by atoms with E-state index in [0.29, 0.717) is 5.56 Å². The Balaban J connectivity index is 2.45. The van der Waals surface area contributed by atoms with Crippen LogP contribution in [0, 0.1) is 11.6 Å². The summed E-state index contributed by atoms with van der Waals surface area (Å²) < 4.78 is 26.6. The quantitative estimate of drug-likeness (QED) is 0.853. The van der Waals surface area contributed by atoms with Gasteiger partial charge in [0.2, 0.25) is 0 Å². The molecule has 2 aromatic rings. The number of hydrogen-bond acceptors (Lipinski definition) is 3. The molecule has 0 unspecified atom stereocenters. The lowest BCUT2D eigenvalue weighted by Gasteiger charge is -2.12. The van der Waals surface area contributed by atoms with Gasteiger partial charge < -0.3 is 11.1 Å². The number of thiocarbonyl (C=S) groups is 1. The number of anilines is 2. The minimum Gasteiger partial charge on any atom is -0.389 e. The summed E-state index contributed by atoms with van der Waals surface area (Å²) in [5, 5.41) is 2.57. The number of halogens is 3. The van der Waals surface area contributed by atoms with Crippen LogP contribution < -0.4 is 11.1 Å². The van der Waals surface area contributed by atoms with Gasteiger partial charge in [-0.3, -0.25) is 0 Å². The van der Waals surface area contributed by atoms with Gasteiger partial charge in [-0.25, -0.2) is 13.8 Å². The first kappa shape index (κ1) is 13.6. The molecule has 0 radical (unpaired) electrons. The summed E-state index contributed by atoms with van der Waals surface area (Å²) >= 11 is 10.6. The van der Waals surface area contributed by atoms with Crippen LogP contribution >= 0.6 is 23.8 Å². The van der Waals surface area contributed by atoms with Crippen molar-refractivity contribution in [1.29, 1.82) is 0 Å². The molecule has 0 saturated carbocycles. The fourth-order valence-electron chi connectivity index (χ4n) is 1.48. The highest BCUT2D eigenvalue weighted by Crippen LogP contribution is 2.29. The van der Waals surface area contributed by atoms with E-state index in [1.165, 1.54) is 6.20 Å². The molecule has 0 aliphatic carbocycles. The Hall–Kier alpha value is -1.79.